The molecule has 0 aliphatic heterocycles. The summed E-state index contributed by atoms with van der Waals surface area (Å²) in [6.45, 7) is 6.50. The Hall–Kier alpha value is -1.88. The molecule has 0 aliphatic rings. The Bertz CT molecular complexity index is 572. The first-order valence-electron chi connectivity index (χ1n) is 6.88. The maximum absolute atomic E-state index is 12.2. The molecular formula is C15H22N4O. The van der Waals surface area contributed by atoms with Gasteiger partial charge in [-0.05, 0) is 25.0 Å². The lowest BCUT2D eigenvalue weighted by Crippen LogP contribution is -2.55. The number of amides is 1. The van der Waals surface area contributed by atoms with Crippen LogP contribution in [0.25, 0.3) is 5.65 Å². The van der Waals surface area contributed by atoms with Gasteiger partial charge < -0.3 is 15.5 Å². The zero-order valence-corrected chi connectivity index (χ0v) is 12.3. The average molecular weight is 274 g/mol. The first-order valence-corrected chi connectivity index (χ1v) is 6.88. The lowest BCUT2D eigenvalue weighted by Gasteiger charge is -2.33. The Morgan fingerprint density at radius 1 is 1.50 bits per heavy atom. The van der Waals surface area contributed by atoms with Crippen molar-refractivity contribution in [3.63, 3.8) is 0 Å². The summed E-state index contributed by atoms with van der Waals surface area (Å²) in [7, 11) is 0. The van der Waals surface area contributed by atoms with Crippen molar-refractivity contribution < 1.29 is 4.79 Å². The highest BCUT2D eigenvalue weighted by Gasteiger charge is 2.28. The first kappa shape index (κ1) is 14.5. The van der Waals surface area contributed by atoms with E-state index in [-0.39, 0.29) is 23.8 Å². The van der Waals surface area contributed by atoms with Crippen LogP contribution >= 0.6 is 0 Å². The minimum Gasteiger partial charge on any atom is -0.349 e. The van der Waals surface area contributed by atoms with Gasteiger partial charge in [0.05, 0.1) is 17.7 Å². The monoisotopic (exact) mass is 274 g/mol. The number of hydrogen-bond acceptors (Lipinski definition) is 3. The van der Waals surface area contributed by atoms with Crippen molar-refractivity contribution in [2.75, 3.05) is 6.54 Å². The van der Waals surface area contributed by atoms with Gasteiger partial charge in [-0.3, -0.25) is 4.79 Å². The summed E-state index contributed by atoms with van der Waals surface area (Å²) in [6.07, 6.45) is 4.07. The predicted molar refractivity (Wildman–Crippen MR) is 79.3 cm³/mol. The summed E-state index contributed by atoms with van der Waals surface area (Å²) in [6, 6.07) is 5.78. The third kappa shape index (κ3) is 2.99. The molecule has 0 fully saturated rings. The fraction of sp³-hybridized carbons (Fsp3) is 0.467. The van der Waals surface area contributed by atoms with Gasteiger partial charge in [-0.15, -0.1) is 0 Å². The molecule has 2 rings (SSSR count). The van der Waals surface area contributed by atoms with Gasteiger partial charge in [0, 0.05) is 18.9 Å². The largest absolute Gasteiger partial charge is 0.349 e. The Morgan fingerprint density at radius 3 is 2.85 bits per heavy atom. The molecule has 0 aliphatic carbocycles. The van der Waals surface area contributed by atoms with E-state index in [1.54, 1.807) is 0 Å². The van der Waals surface area contributed by atoms with Crippen LogP contribution in [0.4, 0.5) is 0 Å². The van der Waals surface area contributed by atoms with E-state index in [9.17, 15) is 4.79 Å². The number of aromatic nitrogens is 2. The summed E-state index contributed by atoms with van der Waals surface area (Å²) >= 11 is 0. The van der Waals surface area contributed by atoms with Crippen LogP contribution in [0.15, 0.2) is 30.6 Å². The van der Waals surface area contributed by atoms with Crippen molar-refractivity contribution in [3.8, 4) is 0 Å². The molecule has 1 atom stereocenters. The van der Waals surface area contributed by atoms with E-state index >= 15 is 0 Å². The number of nitrogens with one attached hydrogen (secondary N) is 1. The lowest BCUT2D eigenvalue weighted by atomic mass is 9.88. The number of hydrogen-bond donors (Lipinski definition) is 2. The molecular weight excluding hydrogens is 252 g/mol. The van der Waals surface area contributed by atoms with E-state index in [2.05, 4.69) is 24.1 Å². The number of nitrogens with zero attached hydrogens (tertiary/aromatic N) is 2. The highest BCUT2D eigenvalue weighted by Crippen LogP contribution is 2.15. The maximum Gasteiger partial charge on any atom is 0.226 e. The standard InChI is InChI=1S/C15H22N4O/c1-11(2)15(3,10-16)18-14(20)8-12-9-19-7-5-4-6-13(19)17-12/h4-7,9,11H,8,10,16H2,1-3H3,(H,18,20). The molecule has 5 nitrogen and oxygen atoms in total. The minimum atomic E-state index is -0.379. The molecule has 0 saturated heterocycles. The third-order valence-corrected chi connectivity index (χ3v) is 3.88. The molecule has 2 aromatic rings. The van der Waals surface area contributed by atoms with Gasteiger partial charge in [-0.2, -0.15) is 0 Å². The summed E-state index contributed by atoms with van der Waals surface area (Å²) in [5.74, 6) is 0.229. The second-order valence-electron chi connectivity index (χ2n) is 5.70. The number of carbonyl (C=O) groups is 1. The highest BCUT2D eigenvalue weighted by molar-refractivity contribution is 5.79. The lowest BCUT2D eigenvalue weighted by molar-refractivity contribution is -0.122. The van der Waals surface area contributed by atoms with Crippen molar-refractivity contribution in [1.82, 2.24) is 14.7 Å². The predicted octanol–water partition coefficient (Wildman–Crippen LogP) is 1.37. The number of nitrogens with two attached hydrogens (primary N) is 1. The molecule has 5 heteroatoms. The van der Waals surface area contributed by atoms with Crippen molar-refractivity contribution in [1.29, 1.82) is 0 Å². The van der Waals surface area contributed by atoms with Gasteiger partial charge in [0.15, 0.2) is 0 Å². The van der Waals surface area contributed by atoms with Crippen LogP contribution in [0.3, 0.4) is 0 Å². The van der Waals surface area contributed by atoms with Crippen molar-refractivity contribution in [2.24, 2.45) is 11.7 Å². The second kappa shape index (κ2) is 5.63. The summed E-state index contributed by atoms with van der Waals surface area (Å²) in [4.78, 5) is 16.6. The molecule has 108 valence electrons. The van der Waals surface area contributed by atoms with Gasteiger partial charge in [0.25, 0.3) is 0 Å². The van der Waals surface area contributed by atoms with E-state index in [1.807, 2.05) is 41.9 Å². The zero-order chi connectivity index (χ0) is 14.8. The van der Waals surface area contributed by atoms with Gasteiger partial charge in [-0.1, -0.05) is 19.9 Å². The van der Waals surface area contributed by atoms with Crippen LogP contribution < -0.4 is 11.1 Å². The van der Waals surface area contributed by atoms with Crippen LogP contribution in [0, 0.1) is 5.92 Å². The van der Waals surface area contributed by atoms with Crippen molar-refractivity contribution in [2.45, 2.75) is 32.7 Å². The Balaban J connectivity index is 2.08. The molecule has 2 aromatic heterocycles. The van der Waals surface area contributed by atoms with Crippen LogP contribution in [-0.4, -0.2) is 27.4 Å². The fourth-order valence-corrected chi connectivity index (χ4v) is 2.03. The molecule has 3 N–H and O–H groups in total. The molecule has 20 heavy (non-hydrogen) atoms. The van der Waals surface area contributed by atoms with Crippen molar-refractivity contribution in [3.05, 3.63) is 36.3 Å². The second-order valence-corrected chi connectivity index (χ2v) is 5.70. The van der Waals surface area contributed by atoms with Crippen LogP contribution in [0.2, 0.25) is 0 Å². The van der Waals surface area contributed by atoms with Gasteiger partial charge in [0.1, 0.15) is 5.65 Å². The number of imidazole rings is 1. The van der Waals surface area contributed by atoms with E-state index in [4.69, 9.17) is 5.73 Å². The van der Waals surface area contributed by atoms with Gasteiger partial charge in [0.2, 0.25) is 5.91 Å². The summed E-state index contributed by atoms with van der Waals surface area (Å²) in [5, 5.41) is 3.02. The molecule has 0 radical (unpaired) electrons. The molecule has 1 unspecified atom stereocenters. The van der Waals surface area contributed by atoms with Crippen molar-refractivity contribution >= 4 is 11.6 Å². The van der Waals surface area contributed by atoms with Crippen LogP contribution in [0.5, 0.6) is 0 Å². The minimum absolute atomic E-state index is 0.0462. The fourth-order valence-electron chi connectivity index (χ4n) is 2.03. The zero-order valence-electron chi connectivity index (χ0n) is 12.3. The maximum atomic E-state index is 12.2. The number of carbonyl (C=O) groups excluding carboxylic acids is 1. The van der Waals surface area contributed by atoms with Gasteiger partial charge in [-0.25, -0.2) is 4.98 Å². The van der Waals surface area contributed by atoms with Crippen LogP contribution in [-0.2, 0) is 11.2 Å². The molecule has 2 heterocycles. The molecule has 0 bridgehead atoms. The van der Waals surface area contributed by atoms with E-state index in [1.165, 1.54) is 0 Å². The molecule has 0 aromatic carbocycles. The SMILES string of the molecule is CC(C)C(C)(CN)NC(=O)Cc1cn2ccccc2n1. The topological polar surface area (TPSA) is 72.4 Å². The van der Waals surface area contributed by atoms with E-state index in [0.29, 0.717) is 6.54 Å². The summed E-state index contributed by atoms with van der Waals surface area (Å²) in [5.41, 5.74) is 7.01. The number of rotatable bonds is 5. The number of fused-ring (bicyclic) bond motifs is 1. The van der Waals surface area contributed by atoms with Gasteiger partial charge >= 0.3 is 0 Å². The molecule has 1 amide bonds. The van der Waals surface area contributed by atoms with E-state index in [0.717, 1.165) is 11.3 Å². The Labute approximate surface area is 119 Å². The Kier molecular flexibility index (Phi) is 4.09. The first-order chi connectivity index (χ1) is 9.44. The summed E-state index contributed by atoms with van der Waals surface area (Å²) < 4.78 is 1.91. The quantitative estimate of drug-likeness (QED) is 0.865. The third-order valence-electron chi connectivity index (χ3n) is 3.88. The van der Waals surface area contributed by atoms with E-state index < -0.39 is 0 Å². The normalized spacial score (nSPS) is 14.4. The smallest absolute Gasteiger partial charge is 0.226 e. The number of pyridine rings is 1. The average Bonchev–Trinajstić information content (AvgIpc) is 2.79. The van der Waals surface area contributed by atoms with Crippen LogP contribution in [0.1, 0.15) is 26.5 Å². The molecule has 0 spiro atoms. The Morgan fingerprint density at radius 2 is 2.25 bits per heavy atom. The molecule has 0 saturated carbocycles. The highest BCUT2D eigenvalue weighted by atomic mass is 16.1.